The predicted octanol–water partition coefficient (Wildman–Crippen LogP) is 3.16. The molecular formula is C26H35N3O5. The number of hydrogen-bond donors (Lipinski definition) is 2. The first-order chi connectivity index (χ1) is 16.5. The Morgan fingerprint density at radius 2 is 1.74 bits per heavy atom. The first kappa shape index (κ1) is 25.7. The Bertz CT molecular complexity index is 916. The number of rotatable bonds is 11. The summed E-state index contributed by atoms with van der Waals surface area (Å²) in [6, 6.07) is 17.4. The molecule has 8 heteroatoms. The van der Waals surface area contributed by atoms with Gasteiger partial charge in [0.1, 0.15) is 6.61 Å². The molecule has 2 aromatic rings. The predicted molar refractivity (Wildman–Crippen MR) is 132 cm³/mol. The van der Waals surface area contributed by atoms with Gasteiger partial charge in [-0.2, -0.15) is 0 Å². The van der Waals surface area contributed by atoms with Crippen molar-refractivity contribution in [1.29, 1.82) is 0 Å². The molecule has 184 valence electrons. The minimum absolute atomic E-state index is 0.0208. The number of anilines is 1. The van der Waals surface area contributed by atoms with Crippen LogP contribution in [0, 0.1) is 0 Å². The molecule has 0 unspecified atom stereocenters. The summed E-state index contributed by atoms with van der Waals surface area (Å²) in [7, 11) is 1.76. The number of likely N-dealkylation sites (N-methyl/N-ethyl adjacent to an activating group) is 1. The summed E-state index contributed by atoms with van der Waals surface area (Å²) >= 11 is 0. The van der Waals surface area contributed by atoms with Crippen molar-refractivity contribution in [3.63, 3.8) is 0 Å². The van der Waals surface area contributed by atoms with Crippen molar-refractivity contribution in [1.82, 2.24) is 9.80 Å². The molecule has 0 aliphatic carbocycles. The number of ether oxygens (including phenoxy) is 1. The normalized spacial score (nSPS) is 14.6. The zero-order chi connectivity index (χ0) is 24.3. The van der Waals surface area contributed by atoms with E-state index in [1.807, 2.05) is 54.6 Å². The minimum atomic E-state index is -0.937. The van der Waals surface area contributed by atoms with Gasteiger partial charge in [-0.3, -0.25) is 9.69 Å². The van der Waals surface area contributed by atoms with Crippen LogP contribution in [0.2, 0.25) is 0 Å². The molecule has 0 spiro atoms. The number of carbonyl (C=O) groups is 2. The van der Waals surface area contributed by atoms with Crippen LogP contribution in [0.25, 0.3) is 11.1 Å². The van der Waals surface area contributed by atoms with Gasteiger partial charge in [0.15, 0.2) is 0 Å². The molecule has 0 radical (unpaired) electrons. The van der Waals surface area contributed by atoms with Crippen LogP contribution in [-0.4, -0.2) is 91.1 Å². The molecule has 1 aliphatic heterocycles. The lowest BCUT2D eigenvalue weighted by atomic mass is 9.98. The Hall–Kier alpha value is -2.94. The maximum atomic E-state index is 12.3. The van der Waals surface area contributed by atoms with E-state index in [1.165, 1.54) is 4.90 Å². The SMILES string of the molecule is CN(CCN1CCC(N(C(=O)O)c2ccccc2-c2ccccc2)CC1)C(=O)COCCCO. The second-order valence-corrected chi connectivity index (χ2v) is 8.55. The van der Waals surface area contributed by atoms with E-state index in [-0.39, 0.29) is 25.2 Å². The molecule has 2 N–H and O–H groups in total. The van der Waals surface area contributed by atoms with Crippen LogP contribution in [-0.2, 0) is 9.53 Å². The van der Waals surface area contributed by atoms with Gasteiger partial charge in [0.05, 0.1) is 5.69 Å². The van der Waals surface area contributed by atoms with E-state index < -0.39 is 6.09 Å². The highest BCUT2D eigenvalue weighted by Gasteiger charge is 2.30. The molecule has 3 rings (SSSR count). The summed E-state index contributed by atoms with van der Waals surface area (Å²) in [5.74, 6) is -0.0811. The third-order valence-corrected chi connectivity index (χ3v) is 6.23. The number of amides is 2. The van der Waals surface area contributed by atoms with E-state index >= 15 is 0 Å². The number of carbonyl (C=O) groups excluding carboxylic acids is 1. The maximum absolute atomic E-state index is 12.3. The van der Waals surface area contributed by atoms with Crippen molar-refractivity contribution in [2.24, 2.45) is 0 Å². The van der Waals surface area contributed by atoms with Crippen molar-refractivity contribution in [2.45, 2.75) is 25.3 Å². The van der Waals surface area contributed by atoms with E-state index in [9.17, 15) is 14.7 Å². The molecule has 8 nitrogen and oxygen atoms in total. The van der Waals surface area contributed by atoms with Crippen molar-refractivity contribution in [3.05, 3.63) is 54.6 Å². The second-order valence-electron chi connectivity index (χ2n) is 8.55. The highest BCUT2D eigenvalue weighted by atomic mass is 16.5. The first-order valence-corrected chi connectivity index (χ1v) is 11.8. The van der Waals surface area contributed by atoms with Gasteiger partial charge in [-0.15, -0.1) is 0 Å². The molecule has 1 aliphatic rings. The van der Waals surface area contributed by atoms with Gasteiger partial charge in [0.2, 0.25) is 5.91 Å². The van der Waals surface area contributed by atoms with Gasteiger partial charge in [0.25, 0.3) is 0 Å². The van der Waals surface area contributed by atoms with Crippen LogP contribution in [0.5, 0.6) is 0 Å². The van der Waals surface area contributed by atoms with Crippen molar-refractivity contribution >= 4 is 17.7 Å². The van der Waals surface area contributed by atoms with Gasteiger partial charge in [-0.25, -0.2) is 4.79 Å². The zero-order valence-electron chi connectivity index (χ0n) is 19.8. The zero-order valence-corrected chi connectivity index (χ0v) is 19.8. The summed E-state index contributed by atoms with van der Waals surface area (Å²) in [5.41, 5.74) is 2.62. The molecule has 2 aromatic carbocycles. The van der Waals surface area contributed by atoms with Crippen LogP contribution < -0.4 is 4.90 Å². The number of benzene rings is 2. The molecule has 0 aromatic heterocycles. The van der Waals surface area contributed by atoms with E-state index in [2.05, 4.69) is 4.90 Å². The Labute approximate surface area is 201 Å². The number of carboxylic acid groups (broad SMARTS) is 1. The molecule has 1 heterocycles. The maximum Gasteiger partial charge on any atom is 0.412 e. The standard InChI is InChI=1S/C26H35N3O5/c1-27(25(31)20-34-19-7-18-30)16-17-28-14-12-22(13-15-28)29(26(32)33)24-11-6-5-10-23(24)21-8-3-2-4-9-21/h2-6,8-11,22,30H,7,12-20H2,1H3,(H,32,33). The molecule has 1 fully saturated rings. The number of aliphatic hydroxyl groups excluding tert-OH is 1. The molecule has 2 amide bonds. The minimum Gasteiger partial charge on any atom is -0.465 e. The first-order valence-electron chi connectivity index (χ1n) is 11.8. The molecule has 0 atom stereocenters. The van der Waals surface area contributed by atoms with Gasteiger partial charge in [0, 0.05) is 58.0 Å². The van der Waals surface area contributed by atoms with Gasteiger partial charge in [-0.05, 0) is 30.9 Å². The monoisotopic (exact) mass is 469 g/mol. The highest BCUT2D eigenvalue weighted by Crippen LogP contribution is 2.34. The van der Waals surface area contributed by atoms with Crippen molar-refractivity contribution < 1.29 is 24.5 Å². The number of para-hydroxylation sites is 1. The fraction of sp³-hybridized carbons (Fsp3) is 0.462. The molecule has 34 heavy (non-hydrogen) atoms. The quantitative estimate of drug-likeness (QED) is 0.491. The topological polar surface area (TPSA) is 93.6 Å². The lowest BCUT2D eigenvalue weighted by Gasteiger charge is -2.38. The fourth-order valence-electron chi connectivity index (χ4n) is 4.25. The van der Waals surface area contributed by atoms with Crippen molar-refractivity contribution in [3.8, 4) is 11.1 Å². The summed E-state index contributed by atoms with van der Waals surface area (Å²) in [5, 5.41) is 18.9. The molecular weight excluding hydrogens is 434 g/mol. The lowest BCUT2D eigenvalue weighted by Crippen LogP contribution is -2.49. The Balaban J connectivity index is 1.56. The number of hydrogen-bond acceptors (Lipinski definition) is 5. The van der Waals surface area contributed by atoms with Crippen LogP contribution >= 0.6 is 0 Å². The van der Waals surface area contributed by atoms with Gasteiger partial charge >= 0.3 is 6.09 Å². The van der Waals surface area contributed by atoms with Crippen molar-refractivity contribution in [2.75, 3.05) is 57.9 Å². The van der Waals surface area contributed by atoms with Crippen LogP contribution in [0.1, 0.15) is 19.3 Å². The Kier molecular flexibility index (Phi) is 9.88. The number of piperidine rings is 1. The molecule has 1 saturated heterocycles. The van der Waals surface area contributed by atoms with Crippen LogP contribution in [0.3, 0.4) is 0 Å². The summed E-state index contributed by atoms with van der Waals surface area (Å²) in [4.78, 5) is 29.9. The third kappa shape index (κ3) is 7.03. The second kappa shape index (κ2) is 13.1. The number of nitrogens with zero attached hydrogens (tertiary/aromatic N) is 3. The van der Waals surface area contributed by atoms with Crippen LogP contribution in [0.15, 0.2) is 54.6 Å². The van der Waals surface area contributed by atoms with E-state index in [4.69, 9.17) is 9.84 Å². The van der Waals surface area contributed by atoms with E-state index in [0.717, 1.165) is 43.6 Å². The average Bonchev–Trinajstić information content (AvgIpc) is 2.86. The molecule has 0 bridgehead atoms. The van der Waals surface area contributed by atoms with E-state index in [0.29, 0.717) is 25.3 Å². The fourth-order valence-corrected chi connectivity index (χ4v) is 4.25. The lowest BCUT2D eigenvalue weighted by molar-refractivity contribution is -0.135. The highest BCUT2D eigenvalue weighted by molar-refractivity contribution is 5.93. The number of aliphatic hydroxyl groups is 1. The summed E-state index contributed by atoms with van der Waals surface area (Å²) in [6.07, 6.45) is 1.05. The third-order valence-electron chi connectivity index (χ3n) is 6.23. The van der Waals surface area contributed by atoms with Gasteiger partial charge < -0.3 is 24.7 Å². The number of likely N-dealkylation sites (tertiary alicyclic amines) is 1. The summed E-state index contributed by atoms with van der Waals surface area (Å²) in [6.45, 7) is 3.32. The summed E-state index contributed by atoms with van der Waals surface area (Å²) < 4.78 is 5.27. The smallest absolute Gasteiger partial charge is 0.412 e. The van der Waals surface area contributed by atoms with Crippen LogP contribution in [0.4, 0.5) is 10.5 Å². The average molecular weight is 470 g/mol. The van der Waals surface area contributed by atoms with Gasteiger partial charge in [-0.1, -0.05) is 48.5 Å². The largest absolute Gasteiger partial charge is 0.465 e. The Morgan fingerprint density at radius 1 is 1.06 bits per heavy atom. The molecule has 0 saturated carbocycles. The van der Waals surface area contributed by atoms with E-state index in [1.54, 1.807) is 11.9 Å². The Morgan fingerprint density at radius 3 is 2.41 bits per heavy atom.